The van der Waals surface area contributed by atoms with Crippen LogP contribution in [-0.2, 0) is 65.4 Å². The SMILES string of the molecule is CC/C=C\C/C=C\C/C=C\C/C=C\C/C=C\CCCCCC(=O)OC[C@H](COP(=O)(O)OC[C@@H](O)COP(=O)(O)OC[C@@H](COC(=O)CCCCCCC/C=C\CCCCCCCC)OC(=O)CC/C=C\C/C=C\C/C=C\C/C=C\C/C=C\CCCCC)OC(=O)CCCCCCCCCCCCCCC. The summed E-state index contributed by atoms with van der Waals surface area (Å²) < 4.78 is 68.6. The Hall–Kier alpha value is -4.80. The lowest BCUT2D eigenvalue weighted by molar-refractivity contribution is -0.161. The number of unbranched alkanes of at least 4 members (excludes halogenated alkanes) is 29. The van der Waals surface area contributed by atoms with Gasteiger partial charge in [-0.3, -0.25) is 37.3 Å². The smallest absolute Gasteiger partial charge is 0.462 e. The first kappa shape index (κ1) is 101. The van der Waals surface area contributed by atoms with Crippen LogP contribution < -0.4 is 0 Å². The molecule has 0 heterocycles. The van der Waals surface area contributed by atoms with Crippen molar-refractivity contribution in [2.75, 3.05) is 39.6 Å². The number of allylic oxidation sites excluding steroid dienone is 22. The Morgan fingerprint density at radius 2 is 0.509 bits per heavy atom. The number of hydrogen-bond acceptors (Lipinski definition) is 15. The van der Waals surface area contributed by atoms with Gasteiger partial charge in [0.15, 0.2) is 12.2 Å². The standard InChI is InChI=1S/C87H148O17P2/c1-5-9-13-17-21-25-29-33-36-38-40-42-45-49-52-56-60-64-68-72-85(90)98-77-82(103-86(91)73-69-65-61-57-53-47-32-28-24-20-16-12-8-4)79-101-105(93,94)99-75-81(88)76-100-106(95,96)102-80-83(78-97-84(89)71-67-63-59-55-51-48-44-35-31-27-23-19-15-11-7-3)104-87(92)74-70-66-62-58-54-50-46-43-41-39-37-34-30-26-22-18-14-10-6-2/h9,13,21-22,25-26,33-37,40-44,49-50,52,54,62,66,81-83,88H,5-8,10-12,14-20,23-24,27-32,38-39,45-48,51,53,55-61,63-65,67-80H2,1-4H3,(H,93,94)(H,95,96)/b13-9-,25-21-,26-22-,36-33-,37-34-,42-40-,43-41-,44-35-,52-49-,54-50-,66-62-/t81-,82-,83-/m1/s1. The maximum atomic E-state index is 13.1. The van der Waals surface area contributed by atoms with Crippen molar-refractivity contribution in [3.63, 3.8) is 0 Å². The molecule has 3 N–H and O–H groups in total. The lowest BCUT2D eigenvalue weighted by Gasteiger charge is -2.21. The number of carbonyl (C=O) groups excluding carboxylic acids is 4. The second kappa shape index (κ2) is 78.3. The van der Waals surface area contributed by atoms with Crippen molar-refractivity contribution in [1.82, 2.24) is 0 Å². The van der Waals surface area contributed by atoms with E-state index < -0.39 is 97.5 Å². The van der Waals surface area contributed by atoms with Crippen LogP contribution in [0.2, 0.25) is 0 Å². The summed E-state index contributed by atoms with van der Waals surface area (Å²) in [5, 5.41) is 10.7. The zero-order chi connectivity index (χ0) is 77.4. The Kier molecular flexibility index (Phi) is 74.8. The maximum Gasteiger partial charge on any atom is 0.472 e. The van der Waals surface area contributed by atoms with E-state index >= 15 is 0 Å². The highest BCUT2D eigenvalue weighted by Gasteiger charge is 2.30. The fourth-order valence-corrected chi connectivity index (χ4v) is 12.4. The molecule has 608 valence electrons. The van der Waals surface area contributed by atoms with Crippen molar-refractivity contribution in [3.05, 3.63) is 134 Å². The molecule has 0 aliphatic heterocycles. The van der Waals surface area contributed by atoms with Gasteiger partial charge in [0.2, 0.25) is 0 Å². The molecule has 19 heteroatoms. The van der Waals surface area contributed by atoms with E-state index in [4.69, 9.17) is 37.0 Å². The Bertz CT molecular complexity index is 2530. The van der Waals surface area contributed by atoms with Gasteiger partial charge in [-0.2, -0.15) is 0 Å². The number of esters is 4. The molecule has 0 amide bonds. The van der Waals surface area contributed by atoms with Gasteiger partial charge < -0.3 is 33.8 Å². The van der Waals surface area contributed by atoms with Gasteiger partial charge in [-0.05, 0) is 135 Å². The first-order valence-corrected chi connectivity index (χ1v) is 44.4. The second-order valence-electron chi connectivity index (χ2n) is 27.3. The molecule has 0 aliphatic carbocycles. The highest BCUT2D eigenvalue weighted by Crippen LogP contribution is 2.45. The van der Waals surface area contributed by atoms with Crippen LogP contribution in [-0.4, -0.2) is 96.7 Å². The normalized spacial score (nSPS) is 14.5. The highest BCUT2D eigenvalue weighted by atomic mass is 31.2. The van der Waals surface area contributed by atoms with Gasteiger partial charge in [-0.25, -0.2) is 9.13 Å². The molecule has 17 nitrogen and oxygen atoms in total. The summed E-state index contributed by atoms with van der Waals surface area (Å²) in [6.07, 6.45) is 88.7. The third-order valence-corrected chi connectivity index (χ3v) is 19.0. The zero-order valence-corrected chi connectivity index (χ0v) is 68.4. The Morgan fingerprint density at radius 1 is 0.274 bits per heavy atom. The topological polar surface area (TPSA) is 237 Å². The van der Waals surface area contributed by atoms with Crippen molar-refractivity contribution in [1.29, 1.82) is 0 Å². The number of carbonyl (C=O) groups is 4. The van der Waals surface area contributed by atoms with Crippen LogP contribution in [0.3, 0.4) is 0 Å². The van der Waals surface area contributed by atoms with E-state index in [9.17, 15) is 43.2 Å². The van der Waals surface area contributed by atoms with Crippen LogP contribution in [0.5, 0.6) is 0 Å². The number of rotatable bonds is 77. The molecule has 0 aromatic heterocycles. The minimum absolute atomic E-state index is 0.0323. The minimum atomic E-state index is -5.00. The van der Waals surface area contributed by atoms with E-state index in [-0.39, 0.29) is 25.7 Å². The van der Waals surface area contributed by atoms with Gasteiger partial charge in [0.05, 0.1) is 26.4 Å². The number of phosphoric acid groups is 2. The predicted molar refractivity (Wildman–Crippen MR) is 436 cm³/mol. The molecule has 2 unspecified atom stereocenters. The number of ether oxygens (including phenoxy) is 4. The maximum absolute atomic E-state index is 13.1. The predicted octanol–water partition coefficient (Wildman–Crippen LogP) is 24.4. The zero-order valence-electron chi connectivity index (χ0n) is 66.6. The summed E-state index contributed by atoms with van der Waals surface area (Å²) in [7, 11) is -10.00. The molecule has 0 aromatic carbocycles. The third-order valence-electron chi connectivity index (χ3n) is 17.1. The molecule has 0 rings (SSSR count). The summed E-state index contributed by atoms with van der Waals surface area (Å²) in [5.74, 6) is -2.31. The molecule has 106 heavy (non-hydrogen) atoms. The molecule has 0 fully saturated rings. The molecular weight excluding hydrogens is 1380 g/mol. The summed E-state index contributed by atoms with van der Waals surface area (Å²) in [6, 6.07) is 0. The first-order chi connectivity index (χ1) is 51.7. The van der Waals surface area contributed by atoms with Gasteiger partial charge in [0.1, 0.15) is 19.3 Å². The second-order valence-corrected chi connectivity index (χ2v) is 30.2. The Morgan fingerprint density at radius 3 is 0.849 bits per heavy atom. The largest absolute Gasteiger partial charge is 0.472 e. The van der Waals surface area contributed by atoms with Gasteiger partial charge >= 0.3 is 39.5 Å². The van der Waals surface area contributed by atoms with Crippen LogP contribution in [0.1, 0.15) is 336 Å². The van der Waals surface area contributed by atoms with Gasteiger partial charge in [-0.1, -0.05) is 309 Å². The van der Waals surface area contributed by atoms with Crippen molar-refractivity contribution in [2.24, 2.45) is 0 Å². The summed E-state index contributed by atoms with van der Waals surface area (Å²) in [6.45, 7) is 4.63. The molecule has 0 spiro atoms. The molecular formula is C87H148O17P2. The minimum Gasteiger partial charge on any atom is -0.462 e. The van der Waals surface area contributed by atoms with E-state index in [0.29, 0.717) is 32.1 Å². The lowest BCUT2D eigenvalue weighted by Crippen LogP contribution is -2.30. The van der Waals surface area contributed by atoms with E-state index in [1.807, 2.05) is 18.2 Å². The van der Waals surface area contributed by atoms with E-state index in [2.05, 4.69) is 143 Å². The molecule has 0 aromatic rings. The Balaban J connectivity index is 5.45. The number of phosphoric ester groups is 2. The third kappa shape index (κ3) is 77.4. The highest BCUT2D eigenvalue weighted by molar-refractivity contribution is 7.47. The van der Waals surface area contributed by atoms with Gasteiger partial charge in [0.25, 0.3) is 0 Å². The van der Waals surface area contributed by atoms with Crippen LogP contribution in [0.15, 0.2) is 134 Å². The molecule has 0 saturated heterocycles. The van der Waals surface area contributed by atoms with Crippen LogP contribution in [0.25, 0.3) is 0 Å². The summed E-state index contributed by atoms with van der Waals surface area (Å²) in [4.78, 5) is 73.1. The average molecular weight is 1530 g/mol. The molecule has 0 saturated carbocycles. The number of aliphatic hydroxyl groups is 1. The van der Waals surface area contributed by atoms with Crippen molar-refractivity contribution in [2.45, 2.75) is 354 Å². The van der Waals surface area contributed by atoms with Crippen LogP contribution in [0.4, 0.5) is 0 Å². The van der Waals surface area contributed by atoms with Crippen molar-refractivity contribution in [3.8, 4) is 0 Å². The quantitative estimate of drug-likeness (QED) is 0.0169. The fourth-order valence-electron chi connectivity index (χ4n) is 10.8. The Labute approximate surface area is 644 Å². The van der Waals surface area contributed by atoms with Gasteiger partial charge in [-0.15, -0.1) is 0 Å². The van der Waals surface area contributed by atoms with Gasteiger partial charge in [0, 0.05) is 25.7 Å². The monoisotopic (exact) mass is 1530 g/mol. The summed E-state index contributed by atoms with van der Waals surface area (Å²) >= 11 is 0. The average Bonchev–Trinajstić information content (AvgIpc) is 0.899. The molecule has 0 bridgehead atoms. The first-order valence-electron chi connectivity index (χ1n) is 41.4. The van der Waals surface area contributed by atoms with Crippen molar-refractivity contribution >= 4 is 39.5 Å². The van der Waals surface area contributed by atoms with E-state index in [0.717, 1.165) is 141 Å². The van der Waals surface area contributed by atoms with Crippen LogP contribution in [0, 0.1) is 0 Å². The van der Waals surface area contributed by atoms with Crippen LogP contribution >= 0.6 is 15.6 Å². The molecule has 0 aliphatic rings. The molecule has 0 radical (unpaired) electrons. The van der Waals surface area contributed by atoms with E-state index in [1.54, 1.807) is 0 Å². The fraction of sp³-hybridized carbons (Fsp3) is 0.701. The molecule has 5 atom stereocenters. The van der Waals surface area contributed by atoms with E-state index in [1.165, 1.54) is 109 Å². The number of aliphatic hydroxyl groups excluding tert-OH is 1. The lowest BCUT2D eigenvalue weighted by atomic mass is 10.0. The van der Waals surface area contributed by atoms with Crippen molar-refractivity contribution < 1.29 is 80.2 Å². The summed E-state index contributed by atoms with van der Waals surface area (Å²) in [5.41, 5.74) is 0. The number of hydrogen-bond donors (Lipinski definition) is 3.